The third kappa shape index (κ3) is 3.11. The molecule has 1 atom stereocenters. The average molecular weight is 361 g/mol. The van der Waals surface area contributed by atoms with E-state index in [9.17, 15) is 13.6 Å². The molecule has 3 heterocycles. The Hall–Kier alpha value is -2.64. The Morgan fingerprint density at radius 2 is 2.08 bits per heavy atom. The lowest BCUT2D eigenvalue weighted by Gasteiger charge is -2.28. The number of benzene rings is 1. The van der Waals surface area contributed by atoms with Crippen LogP contribution in [0.15, 0.2) is 30.5 Å². The quantitative estimate of drug-likeness (QED) is 0.890. The zero-order valence-corrected chi connectivity index (χ0v) is 14.4. The topological polar surface area (TPSA) is 53.4 Å². The number of carbonyl (C=O) groups excluding carboxylic acids is 1. The summed E-state index contributed by atoms with van der Waals surface area (Å²) in [6.07, 6.45) is 3.37. The van der Waals surface area contributed by atoms with Gasteiger partial charge < -0.3 is 15.1 Å². The van der Waals surface area contributed by atoms with Gasteiger partial charge in [0.05, 0.1) is 18.8 Å². The number of rotatable bonds is 5. The molecule has 8 heteroatoms. The molecule has 2 aliphatic rings. The van der Waals surface area contributed by atoms with Crippen LogP contribution >= 0.6 is 0 Å². The van der Waals surface area contributed by atoms with Gasteiger partial charge in [-0.25, -0.2) is 18.3 Å². The van der Waals surface area contributed by atoms with Gasteiger partial charge in [-0.1, -0.05) is 0 Å². The summed E-state index contributed by atoms with van der Waals surface area (Å²) >= 11 is 0. The summed E-state index contributed by atoms with van der Waals surface area (Å²) in [4.78, 5) is 15.5. The van der Waals surface area contributed by atoms with E-state index in [0.29, 0.717) is 31.7 Å². The summed E-state index contributed by atoms with van der Waals surface area (Å²) in [6.45, 7) is 3.24. The van der Waals surface area contributed by atoms with Crippen LogP contribution < -0.4 is 10.2 Å². The van der Waals surface area contributed by atoms with Gasteiger partial charge >= 0.3 is 6.03 Å². The van der Waals surface area contributed by atoms with Crippen LogP contribution in [0.5, 0.6) is 0 Å². The molecule has 0 unspecified atom stereocenters. The summed E-state index contributed by atoms with van der Waals surface area (Å²) in [7, 11) is 0. The fraction of sp³-hybridized carbons (Fsp3) is 0.444. The van der Waals surface area contributed by atoms with Crippen molar-refractivity contribution in [3.8, 4) is 0 Å². The Morgan fingerprint density at radius 1 is 1.19 bits per heavy atom. The standard InChI is InChI=1S/C18H21F2N5O/c19-13-3-4-15(20)14(12-13)16-2-1-8-24(16)17-5-6-22-25(17)11-10-23-9-7-21-18(23)26/h3-6,12,16H,1-2,7-11H2,(H,21,26)/t16-/m1/s1. The predicted molar refractivity (Wildman–Crippen MR) is 92.9 cm³/mol. The van der Waals surface area contributed by atoms with E-state index in [-0.39, 0.29) is 17.9 Å². The third-order valence-electron chi connectivity index (χ3n) is 5.09. The first-order chi connectivity index (χ1) is 12.6. The summed E-state index contributed by atoms with van der Waals surface area (Å²) in [6, 6.07) is 5.23. The van der Waals surface area contributed by atoms with Gasteiger partial charge in [0.1, 0.15) is 17.5 Å². The second-order valence-electron chi connectivity index (χ2n) is 6.65. The number of hydrogen-bond donors (Lipinski definition) is 1. The number of aromatic nitrogens is 2. The molecule has 0 radical (unpaired) electrons. The van der Waals surface area contributed by atoms with Gasteiger partial charge in [-0.3, -0.25) is 0 Å². The molecule has 0 bridgehead atoms. The first-order valence-corrected chi connectivity index (χ1v) is 8.89. The highest BCUT2D eigenvalue weighted by Gasteiger charge is 2.31. The van der Waals surface area contributed by atoms with Crippen LogP contribution in [-0.4, -0.2) is 46.9 Å². The van der Waals surface area contributed by atoms with Crippen LogP contribution in [0.1, 0.15) is 24.4 Å². The SMILES string of the molecule is O=C1NCCN1CCn1nccc1N1CCC[C@@H]1c1cc(F)ccc1F. The maximum absolute atomic E-state index is 14.3. The van der Waals surface area contributed by atoms with Gasteiger partial charge in [-0.05, 0) is 31.0 Å². The van der Waals surface area contributed by atoms with E-state index in [4.69, 9.17) is 0 Å². The Bertz CT molecular complexity index is 809. The van der Waals surface area contributed by atoms with E-state index in [0.717, 1.165) is 31.3 Å². The maximum atomic E-state index is 14.3. The van der Waals surface area contributed by atoms with E-state index in [1.165, 1.54) is 12.1 Å². The highest BCUT2D eigenvalue weighted by atomic mass is 19.1. The molecule has 138 valence electrons. The van der Waals surface area contributed by atoms with Crippen LogP contribution in [0.3, 0.4) is 0 Å². The van der Waals surface area contributed by atoms with Gasteiger partial charge in [0.2, 0.25) is 0 Å². The molecule has 0 aliphatic carbocycles. The largest absolute Gasteiger partial charge is 0.350 e. The van der Waals surface area contributed by atoms with Crippen molar-refractivity contribution in [1.82, 2.24) is 20.0 Å². The normalized spacial score (nSPS) is 20.1. The van der Waals surface area contributed by atoms with Crippen LogP contribution in [0, 0.1) is 11.6 Å². The number of urea groups is 1. The predicted octanol–water partition coefficient (Wildman–Crippen LogP) is 2.53. The maximum Gasteiger partial charge on any atom is 0.317 e. The van der Waals surface area contributed by atoms with Gasteiger partial charge in [0, 0.05) is 37.8 Å². The molecule has 1 N–H and O–H groups in total. The third-order valence-corrected chi connectivity index (χ3v) is 5.09. The molecule has 6 nitrogen and oxygen atoms in total. The van der Waals surface area contributed by atoms with E-state index >= 15 is 0 Å². The molecule has 0 saturated carbocycles. The molecular weight excluding hydrogens is 340 g/mol. The van der Waals surface area contributed by atoms with Crippen LogP contribution in [0.4, 0.5) is 19.4 Å². The Morgan fingerprint density at radius 3 is 2.88 bits per heavy atom. The molecule has 2 aromatic rings. The molecule has 2 aliphatic heterocycles. The molecule has 4 rings (SSSR count). The van der Waals surface area contributed by atoms with Gasteiger partial charge in [-0.2, -0.15) is 5.10 Å². The Labute approximate surface area is 150 Å². The minimum atomic E-state index is -0.429. The van der Waals surface area contributed by atoms with Crippen LogP contribution in [-0.2, 0) is 6.54 Å². The second-order valence-corrected chi connectivity index (χ2v) is 6.65. The molecule has 0 spiro atoms. The van der Waals surface area contributed by atoms with E-state index in [1.807, 2.05) is 10.7 Å². The van der Waals surface area contributed by atoms with Gasteiger partial charge in [0.25, 0.3) is 0 Å². The first-order valence-electron chi connectivity index (χ1n) is 8.89. The summed E-state index contributed by atoms with van der Waals surface area (Å²) in [5, 5.41) is 7.14. The number of hydrogen-bond acceptors (Lipinski definition) is 3. The van der Waals surface area contributed by atoms with Gasteiger partial charge in [-0.15, -0.1) is 0 Å². The average Bonchev–Trinajstić information content (AvgIpc) is 3.35. The fourth-order valence-electron chi connectivity index (χ4n) is 3.82. The number of anilines is 1. The van der Waals surface area contributed by atoms with Crippen LogP contribution in [0.2, 0.25) is 0 Å². The summed E-state index contributed by atoms with van der Waals surface area (Å²) in [5.74, 6) is 0.0562. The minimum Gasteiger partial charge on any atom is -0.350 e. The van der Waals surface area contributed by atoms with Crippen molar-refractivity contribution in [2.45, 2.75) is 25.4 Å². The highest BCUT2D eigenvalue weighted by Crippen LogP contribution is 2.37. The van der Waals surface area contributed by atoms with Gasteiger partial charge in [0.15, 0.2) is 0 Å². The molecule has 2 amide bonds. The van der Waals surface area contributed by atoms with Crippen molar-refractivity contribution in [1.29, 1.82) is 0 Å². The highest BCUT2D eigenvalue weighted by molar-refractivity contribution is 5.76. The molecule has 2 fully saturated rings. The number of amides is 2. The van der Waals surface area contributed by atoms with E-state index < -0.39 is 5.82 Å². The molecule has 1 aromatic carbocycles. The van der Waals surface area contributed by atoms with Crippen molar-refractivity contribution >= 4 is 11.8 Å². The van der Waals surface area contributed by atoms with Crippen molar-refractivity contribution in [2.24, 2.45) is 0 Å². The molecule has 1 aromatic heterocycles. The summed E-state index contributed by atoms with van der Waals surface area (Å²) in [5.41, 5.74) is 0.383. The molecular formula is C18H21F2N5O. The smallest absolute Gasteiger partial charge is 0.317 e. The lowest BCUT2D eigenvalue weighted by atomic mass is 10.0. The first kappa shape index (κ1) is 16.8. The summed E-state index contributed by atoms with van der Waals surface area (Å²) < 4.78 is 29.7. The number of carbonyl (C=O) groups is 1. The lowest BCUT2D eigenvalue weighted by molar-refractivity contribution is 0.215. The van der Waals surface area contributed by atoms with Crippen LogP contribution in [0.25, 0.3) is 0 Å². The minimum absolute atomic E-state index is 0.0559. The fourth-order valence-corrected chi connectivity index (χ4v) is 3.82. The number of nitrogens with one attached hydrogen (secondary N) is 1. The van der Waals surface area contributed by atoms with Crippen molar-refractivity contribution in [3.05, 3.63) is 47.7 Å². The van der Waals surface area contributed by atoms with Crippen molar-refractivity contribution < 1.29 is 13.6 Å². The second kappa shape index (κ2) is 6.93. The monoisotopic (exact) mass is 361 g/mol. The van der Waals surface area contributed by atoms with Crippen molar-refractivity contribution in [3.63, 3.8) is 0 Å². The zero-order valence-electron chi connectivity index (χ0n) is 14.4. The molecule has 26 heavy (non-hydrogen) atoms. The van der Waals surface area contributed by atoms with E-state index in [1.54, 1.807) is 11.1 Å². The van der Waals surface area contributed by atoms with E-state index in [2.05, 4.69) is 15.3 Å². The zero-order chi connectivity index (χ0) is 18.1. The number of halogens is 2. The number of nitrogens with zero attached hydrogens (tertiary/aromatic N) is 4. The van der Waals surface area contributed by atoms with Crippen molar-refractivity contribution in [2.75, 3.05) is 31.1 Å². The molecule has 2 saturated heterocycles. The lowest BCUT2D eigenvalue weighted by Crippen LogP contribution is -2.32. The Kier molecular flexibility index (Phi) is 4.48. The Balaban J connectivity index is 1.54.